The number of amides is 2. The molecule has 2 heterocycles. The minimum absolute atomic E-state index is 0.0193. The molecular formula is C27H23ClN4O5S. The maximum Gasteiger partial charge on any atom is 0.422 e. The fraction of sp³-hybridized carbons (Fsp3) is 0.222. The van der Waals surface area contributed by atoms with Crippen LogP contribution >= 0.6 is 11.6 Å². The van der Waals surface area contributed by atoms with Crippen molar-refractivity contribution in [2.24, 2.45) is 0 Å². The molecule has 2 aliphatic rings. The molecule has 3 aromatic carbocycles. The van der Waals surface area contributed by atoms with Crippen LogP contribution in [0.5, 0.6) is 0 Å². The zero-order valence-corrected chi connectivity index (χ0v) is 21.6. The minimum Gasteiger partial charge on any atom is -0.436 e. The molecule has 0 radical (unpaired) electrons. The zero-order chi connectivity index (χ0) is 26.9. The van der Waals surface area contributed by atoms with Crippen molar-refractivity contribution in [2.45, 2.75) is 29.4 Å². The Hall–Kier alpha value is -3.75. The third-order valence-corrected chi connectivity index (χ3v) is 8.39. The number of nitriles is 1. The van der Waals surface area contributed by atoms with E-state index in [0.717, 1.165) is 4.90 Å². The van der Waals surface area contributed by atoms with Crippen molar-refractivity contribution in [1.82, 2.24) is 10.0 Å². The van der Waals surface area contributed by atoms with Gasteiger partial charge in [-0.25, -0.2) is 18.1 Å². The second-order valence-electron chi connectivity index (χ2n) is 9.12. The van der Waals surface area contributed by atoms with E-state index in [1.54, 1.807) is 48.5 Å². The first-order valence-electron chi connectivity index (χ1n) is 11.9. The molecular weight excluding hydrogens is 528 g/mol. The number of nitrogens with one attached hydrogen (secondary N) is 2. The lowest BCUT2D eigenvalue weighted by molar-refractivity contribution is -0.120. The molecule has 38 heavy (non-hydrogen) atoms. The lowest BCUT2D eigenvalue weighted by atomic mass is 9.89. The van der Waals surface area contributed by atoms with Crippen molar-refractivity contribution >= 4 is 39.3 Å². The van der Waals surface area contributed by atoms with E-state index >= 15 is 0 Å². The summed E-state index contributed by atoms with van der Waals surface area (Å²) in [5, 5.41) is 12.6. The summed E-state index contributed by atoms with van der Waals surface area (Å²) in [4.78, 5) is 28.1. The molecule has 2 amide bonds. The van der Waals surface area contributed by atoms with Gasteiger partial charge in [-0.3, -0.25) is 4.79 Å². The van der Waals surface area contributed by atoms with Gasteiger partial charge in [0.2, 0.25) is 10.0 Å². The van der Waals surface area contributed by atoms with Crippen LogP contribution in [-0.4, -0.2) is 39.5 Å². The fourth-order valence-electron chi connectivity index (χ4n) is 4.78. The number of ether oxygens (including phenoxy) is 1. The minimum atomic E-state index is -4.20. The highest BCUT2D eigenvalue weighted by molar-refractivity contribution is 7.89. The van der Waals surface area contributed by atoms with Crippen LogP contribution in [0.2, 0.25) is 5.02 Å². The molecule has 5 rings (SSSR count). The summed E-state index contributed by atoms with van der Waals surface area (Å²) in [5.41, 5.74) is 0.894. The highest BCUT2D eigenvalue weighted by atomic mass is 35.5. The smallest absolute Gasteiger partial charge is 0.422 e. The van der Waals surface area contributed by atoms with Gasteiger partial charge in [-0.15, -0.1) is 0 Å². The molecule has 3 aromatic rings. The van der Waals surface area contributed by atoms with Crippen molar-refractivity contribution < 1.29 is 22.7 Å². The van der Waals surface area contributed by atoms with E-state index < -0.39 is 33.7 Å². The lowest BCUT2D eigenvalue weighted by Gasteiger charge is -2.40. The summed E-state index contributed by atoms with van der Waals surface area (Å²) in [7, 11) is -4.20. The third-order valence-electron chi connectivity index (χ3n) is 6.66. The monoisotopic (exact) mass is 550 g/mol. The molecule has 1 unspecified atom stereocenters. The highest BCUT2D eigenvalue weighted by Gasteiger charge is 2.50. The average molecular weight is 551 g/mol. The van der Waals surface area contributed by atoms with Gasteiger partial charge in [-0.05, 0) is 61.0 Å². The summed E-state index contributed by atoms with van der Waals surface area (Å²) in [5.74, 6) is -0.791. The Bertz CT molecular complexity index is 1530. The summed E-state index contributed by atoms with van der Waals surface area (Å²) in [6.45, 7) is 0.987. The molecule has 11 heteroatoms. The summed E-state index contributed by atoms with van der Waals surface area (Å²) < 4.78 is 34.9. The fourth-order valence-corrected chi connectivity index (χ4v) is 6.14. The summed E-state index contributed by atoms with van der Waals surface area (Å²) in [6, 6.07) is 19.6. The number of halogens is 1. The van der Waals surface area contributed by atoms with Crippen molar-refractivity contribution in [1.29, 1.82) is 5.26 Å². The number of hydrogen-bond acceptors (Lipinski definition) is 7. The van der Waals surface area contributed by atoms with Gasteiger partial charge in [-0.2, -0.15) is 9.98 Å². The zero-order valence-electron chi connectivity index (χ0n) is 20.1. The number of benzene rings is 3. The number of anilines is 1. The first-order chi connectivity index (χ1) is 18.2. The van der Waals surface area contributed by atoms with Crippen molar-refractivity contribution in [3.63, 3.8) is 0 Å². The molecule has 194 valence electrons. The number of sulfonamides is 1. The molecule has 9 nitrogen and oxygen atoms in total. The van der Waals surface area contributed by atoms with Crippen LogP contribution in [0, 0.1) is 11.3 Å². The molecule has 0 aliphatic carbocycles. The standard InChI is InChI=1S/C27H23ClN4O5S/c28-20-8-11-24-22(15-20)27(12-13-30-17-27)37-26(34)32(24)25(33)23(14-18-4-2-1-3-5-18)31-38(35,36)21-9-6-19(16-29)7-10-21/h1-11,15,23,30-31H,12-14,17H2/t23-,27?/m0/s1. The lowest BCUT2D eigenvalue weighted by Crippen LogP contribution is -2.56. The van der Waals surface area contributed by atoms with Crippen molar-refractivity contribution in [3.05, 3.63) is 94.5 Å². The predicted molar refractivity (Wildman–Crippen MR) is 140 cm³/mol. The van der Waals surface area contributed by atoms with E-state index in [9.17, 15) is 18.0 Å². The summed E-state index contributed by atoms with van der Waals surface area (Å²) >= 11 is 6.27. The number of carbonyl (C=O) groups is 2. The maximum absolute atomic E-state index is 14.0. The van der Waals surface area contributed by atoms with Gasteiger partial charge in [0.25, 0.3) is 5.91 Å². The van der Waals surface area contributed by atoms with E-state index in [4.69, 9.17) is 21.6 Å². The second kappa shape index (κ2) is 10.2. The van der Waals surface area contributed by atoms with Gasteiger partial charge in [0, 0.05) is 23.6 Å². The highest BCUT2D eigenvalue weighted by Crippen LogP contribution is 2.44. The quantitative estimate of drug-likeness (QED) is 0.481. The Morgan fingerprint density at radius 3 is 2.55 bits per heavy atom. The summed E-state index contributed by atoms with van der Waals surface area (Å²) in [6.07, 6.45) is -0.397. The Kier molecular flexibility index (Phi) is 6.94. The Morgan fingerprint density at radius 1 is 1.16 bits per heavy atom. The Labute approximate surface area is 225 Å². The van der Waals surface area contributed by atoms with E-state index in [2.05, 4.69) is 10.0 Å². The van der Waals surface area contributed by atoms with Crippen LogP contribution in [0.3, 0.4) is 0 Å². The maximum atomic E-state index is 14.0. The van der Waals surface area contributed by atoms with E-state index in [1.807, 2.05) is 6.07 Å². The van der Waals surface area contributed by atoms with Crippen LogP contribution in [0.15, 0.2) is 77.7 Å². The molecule has 0 saturated carbocycles. The number of fused-ring (bicyclic) bond motifs is 2. The van der Waals surface area contributed by atoms with Crippen molar-refractivity contribution in [2.75, 3.05) is 18.0 Å². The molecule has 0 aromatic heterocycles. The largest absolute Gasteiger partial charge is 0.436 e. The molecule has 1 saturated heterocycles. The van der Waals surface area contributed by atoms with E-state index in [0.29, 0.717) is 46.9 Å². The Balaban J connectivity index is 1.54. The number of imide groups is 1. The SMILES string of the molecule is N#Cc1ccc(S(=O)(=O)N[C@@H](Cc2ccccc2)C(=O)N2C(=O)OC3(CCNC3)c3cc(Cl)ccc32)cc1. The number of hydrogen-bond donors (Lipinski definition) is 2. The van der Waals surface area contributed by atoms with Crippen LogP contribution in [0.4, 0.5) is 10.5 Å². The van der Waals surface area contributed by atoms with Gasteiger partial charge in [-0.1, -0.05) is 41.9 Å². The molecule has 2 atom stereocenters. The third kappa shape index (κ3) is 4.89. The van der Waals surface area contributed by atoms with Crippen LogP contribution in [-0.2, 0) is 31.6 Å². The first-order valence-corrected chi connectivity index (χ1v) is 13.7. The topological polar surface area (TPSA) is 129 Å². The molecule has 1 spiro atoms. The van der Waals surface area contributed by atoms with Gasteiger partial charge in [0.15, 0.2) is 5.60 Å². The molecule has 2 aliphatic heterocycles. The van der Waals surface area contributed by atoms with E-state index in [1.165, 1.54) is 24.3 Å². The van der Waals surface area contributed by atoms with Gasteiger partial charge >= 0.3 is 6.09 Å². The second-order valence-corrected chi connectivity index (χ2v) is 11.3. The van der Waals surface area contributed by atoms with Crippen LogP contribution in [0.1, 0.15) is 23.1 Å². The van der Waals surface area contributed by atoms with Crippen molar-refractivity contribution in [3.8, 4) is 6.07 Å². The number of carbonyl (C=O) groups excluding carboxylic acids is 2. The first kappa shape index (κ1) is 25.9. The van der Waals surface area contributed by atoms with Crippen LogP contribution < -0.4 is 14.9 Å². The Morgan fingerprint density at radius 2 is 1.89 bits per heavy atom. The van der Waals surface area contributed by atoms with Crippen LogP contribution in [0.25, 0.3) is 0 Å². The molecule has 0 bridgehead atoms. The normalized spacial score (nSPS) is 19.5. The molecule has 1 fully saturated rings. The van der Waals surface area contributed by atoms with Gasteiger partial charge in [0.1, 0.15) is 6.04 Å². The average Bonchev–Trinajstić information content (AvgIpc) is 3.38. The number of rotatable bonds is 6. The van der Waals surface area contributed by atoms with Gasteiger partial charge < -0.3 is 10.1 Å². The number of nitrogens with zero attached hydrogens (tertiary/aromatic N) is 2. The van der Waals surface area contributed by atoms with Gasteiger partial charge in [0.05, 0.1) is 22.2 Å². The molecule has 2 N–H and O–H groups in total. The van der Waals surface area contributed by atoms with E-state index in [-0.39, 0.29) is 11.3 Å². The predicted octanol–water partition coefficient (Wildman–Crippen LogP) is 3.47.